The SMILES string of the molecule is CNCC1CN(c2cccc(C)c2C)C(C)CN1C. The monoisotopic (exact) mass is 261 g/mol. The third kappa shape index (κ3) is 2.93. The van der Waals surface area contributed by atoms with Gasteiger partial charge in [0.2, 0.25) is 0 Å². The number of benzene rings is 1. The summed E-state index contributed by atoms with van der Waals surface area (Å²) in [4.78, 5) is 5.05. The fourth-order valence-electron chi connectivity index (χ4n) is 3.05. The second-order valence-corrected chi connectivity index (χ2v) is 5.87. The summed E-state index contributed by atoms with van der Waals surface area (Å²) >= 11 is 0. The van der Waals surface area contributed by atoms with E-state index in [1.54, 1.807) is 0 Å². The van der Waals surface area contributed by atoms with Gasteiger partial charge in [-0.15, -0.1) is 0 Å². The molecule has 1 N–H and O–H groups in total. The van der Waals surface area contributed by atoms with Crippen LogP contribution >= 0.6 is 0 Å². The molecule has 1 fully saturated rings. The highest BCUT2D eigenvalue weighted by molar-refractivity contribution is 5.57. The van der Waals surface area contributed by atoms with Crippen molar-refractivity contribution in [1.82, 2.24) is 10.2 Å². The van der Waals surface area contributed by atoms with Crippen molar-refractivity contribution in [2.75, 3.05) is 38.6 Å². The fourth-order valence-corrected chi connectivity index (χ4v) is 3.05. The summed E-state index contributed by atoms with van der Waals surface area (Å²) in [6.07, 6.45) is 0. The molecule has 1 heterocycles. The summed E-state index contributed by atoms with van der Waals surface area (Å²) in [5.41, 5.74) is 4.21. The average molecular weight is 261 g/mol. The molecule has 1 aliphatic heterocycles. The lowest BCUT2D eigenvalue weighted by Crippen LogP contribution is -2.58. The minimum atomic E-state index is 0.568. The van der Waals surface area contributed by atoms with Crippen molar-refractivity contribution in [2.45, 2.75) is 32.9 Å². The Labute approximate surface area is 117 Å². The minimum absolute atomic E-state index is 0.568. The molecule has 2 rings (SSSR count). The quantitative estimate of drug-likeness (QED) is 0.898. The lowest BCUT2D eigenvalue weighted by molar-refractivity contribution is 0.190. The second-order valence-electron chi connectivity index (χ2n) is 5.87. The van der Waals surface area contributed by atoms with Gasteiger partial charge in [0.1, 0.15) is 0 Å². The van der Waals surface area contributed by atoms with Crippen LogP contribution in [0, 0.1) is 13.8 Å². The third-order valence-electron chi connectivity index (χ3n) is 4.44. The van der Waals surface area contributed by atoms with E-state index in [0.717, 1.165) is 19.6 Å². The van der Waals surface area contributed by atoms with Gasteiger partial charge < -0.3 is 10.2 Å². The van der Waals surface area contributed by atoms with Crippen molar-refractivity contribution in [3.63, 3.8) is 0 Å². The van der Waals surface area contributed by atoms with Crippen LogP contribution in [0.15, 0.2) is 18.2 Å². The Bertz CT molecular complexity index is 430. The summed E-state index contributed by atoms with van der Waals surface area (Å²) in [5, 5.41) is 3.31. The van der Waals surface area contributed by atoms with Crippen LogP contribution in [-0.2, 0) is 0 Å². The number of piperazine rings is 1. The Kier molecular flexibility index (Phi) is 4.48. The van der Waals surface area contributed by atoms with E-state index >= 15 is 0 Å². The zero-order chi connectivity index (χ0) is 14.0. The van der Waals surface area contributed by atoms with E-state index < -0.39 is 0 Å². The Hall–Kier alpha value is -1.06. The van der Waals surface area contributed by atoms with E-state index in [9.17, 15) is 0 Å². The molecule has 1 saturated heterocycles. The molecule has 1 aromatic rings. The zero-order valence-corrected chi connectivity index (χ0v) is 12.9. The van der Waals surface area contributed by atoms with Crippen molar-refractivity contribution in [2.24, 2.45) is 0 Å². The number of nitrogens with one attached hydrogen (secondary N) is 1. The molecule has 0 bridgehead atoms. The molecule has 0 amide bonds. The van der Waals surface area contributed by atoms with Crippen LogP contribution in [-0.4, -0.2) is 50.7 Å². The molecule has 19 heavy (non-hydrogen) atoms. The second kappa shape index (κ2) is 5.93. The molecular formula is C16H27N3. The van der Waals surface area contributed by atoms with E-state index in [1.165, 1.54) is 16.8 Å². The lowest BCUT2D eigenvalue weighted by Gasteiger charge is -2.45. The van der Waals surface area contributed by atoms with Crippen LogP contribution in [0.1, 0.15) is 18.1 Å². The van der Waals surface area contributed by atoms with Crippen LogP contribution < -0.4 is 10.2 Å². The molecule has 0 radical (unpaired) electrons. The maximum Gasteiger partial charge on any atom is 0.0401 e. The number of anilines is 1. The summed E-state index contributed by atoms with van der Waals surface area (Å²) in [6.45, 7) is 10.0. The molecule has 0 spiro atoms. The number of likely N-dealkylation sites (N-methyl/N-ethyl adjacent to an activating group) is 2. The zero-order valence-electron chi connectivity index (χ0n) is 12.9. The first kappa shape index (κ1) is 14.4. The number of aryl methyl sites for hydroxylation is 1. The summed E-state index contributed by atoms with van der Waals surface area (Å²) in [7, 11) is 4.27. The van der Waals surface area contributed by atoms with Crippen LogP contribution in [0.3, 0.4) is 0 Å². The molecule has 106 valence electrons. The van der Waals surface area contributed by atoms with E-state index in [1.807, 2.05) is 7.05 Å². The van der Waals surface area contributed by atoms with Gasteiger partial charge in [0, 0.05) is 37.4 Å². The van der Waals surface area contributed by atoms with Gasteiger partial charge in [0.25, 0.3) is 0 Å². The van der Waals surface area contributed by atoms with Gasteiger partial charge in [-0.1, -0.05) is 12.1 Å². The molecule has 1 aliphatic rings. The van der Waals surface area contributed by atoms with Crippen molar-refractivity contribution in [3.05, 3.63) is 29.3 Å². The fraction of sp³-hybridized carbons (Fsp3) is 0.625. The first-order valence-corrected chi connectivity index (χ1v) is 7.22. The van der Waals surface area contributed by atoms with Gasteiger partial charge in [-0.05, 0) is 52.1 Å². The first-order valence-electron chi connectivity index (χ1n) is 7.22. The Morgan fingerprint density at radius 2 is 2.00 bits per heavy atom. The number of nitrogens with zero attached hydrogens (tertiary/aromatic N) is 2. The number of rotatable bonds is 3. The maximum atomic E-state index is 3.31. The molecular weight excluding hydrogens is 234 g/mol. The van der Waals surface area contributed by atoms with Gasteiger partial charge in [-0.3, -0.25) is 4.90 Å². The molecule has 3 nitrogen and oxygen atoms in total. The highest BCUT2D eigenvalue weighted by atomic mass is 15.3. The predicted octanol–water partition coefficient (Wildman–Crippen LogP) is 2.03. The Morgan fingerprint density at radius 3 is 2.68 bits per heavy atom. The Balaban J connectivity index is 2.25. The maximum absolute atomic E-state index is 3.31. The third-order valence-corrected chi connectivity index (χ3v) is 4.44. The lowest BCUT2D eigenvalue weighted by atomic mass is 10.0. The highest BCUT2D eigenvalue weighted by Crippen LogP contribution is 2.27. The molecule has 1 aromatic carbocycles. The van der Waals surface area contributed by atoms with E-state index in [0.29, 0.717) is 12.1 Å². The molecule has 0 saturated carbocycles. The molecule has 0 aromatic heterocycles. The Morgan fingerprint density at radius 1 is 1.26 bits per heavy atom. The van der Waals surface area contributed by atoms with Crippen molar-refractivity contribution in [1.29, 1.82) is 0 Å². The van der Waals surface area contributed by atoms with Gasteiger partial charge >= 0.3 is 0 Å². The summed E-state index contributed by atoms with van der Waals surface area (Å²) in [5.74, 6) is 0. The smallest absolute Gasteiger partial charge is 0.0401 e. The van der Waals surface area contributed by atoms with Crippen molar-refractivity contribution < 1.29 is 0 Å². The molecule has 3 heteroatoms. The average Bonchev–Trinajstić information content (AvgIpc) is 2.37. The largest absolute Gasteiger partial charge is 0.366 e. The number of hydrogen-bond acceptors (Lipinski definition) is 3. The molecule has 2 atom stereocenters. The van der Waals surface area contributed by atoms with E-state index in [-0.39, 0.29) is 0 Å². The van der Waals surface area contributed by atoms with Gasteiger partial charge in [0.15, 0.2) is 0 Å². The van der Waals surface area contributed by atoms with E-state index in [2.05, 4.69) is 61.1 Å². The minimum Gasteiger partial charge on any atom is -0.366 e. The van der Waals surface area contributed by atoms with Crippen LogP contribution in [0.2, 0.25) is 0 Å². The van der Waals surface area contributed by atoms with Gasteiger partial charge in [-0.25, -0.2) is 0 Å². The van der Waals surface area contributed by atoms with Crippen LogP contribution in [0.4, 0.5) is 5.69 Å². The van der Waals surface area contributed by atoms with Gasteiger partial charge in [-0.2, -0.15) is 0 Å². The highest BCUT2D eigenvalue weighted by Gasteiger charge is 2.29. The van der Waals surface area contributed by atoms with Crippen molar-refractivity contribution in [3.8, 4) is 0 Å². The van der Waals surface area contributed by atoms with Crippen molar-refractivity contribution >= 4 is 5.69 Å². The van der Waals surface area contributed by atoms with E-state index in [4.69, 9.17) is 0 Å². The van der Waals surface area contributed by atoms with Crippen LogP contribution in [0.25, 0.3) is 0 Å². The number of hydrogen-bond donors (Lipinski definition) is 1. The topological polar surface area (TPSA) is 18.5 Å². The normalized spacial score (nSPS) is 24.8. The first-order chi connectivity index (χ1) is 9.04. The predicted molar refractivity (Wildman–Crippen MR) is 83.1 cm³/mol. The molecule has 0 aliphatic carbocycles. The van der Waals surface area contributed by atoms with Crippen LogP contribution in [0.5, 0.6) is 0 Å². The summed E-state index contributed by atoms with van der Waals surface area (Å²) in [6, 6.07) is 7.79. The summed E-state index contributed by atoms with van der Waals surface area (Å²) < 4.78 is 0. The standard InChI is InChI=1S/C16H27N3/c1-12-7-6-8-16(14(12)3)19-11-15(9-17-4)18(5)10-13(19)2/h6-8,13,15,17H,9-11H2,1-5H3. The molecule has 2 unspecified atom stereocenters. The van der Waals surface area contributed by atoms with Gasteiger partial charge in [0.05, 0.1) is 0 Å².